The highest BCUT2D eigenvalue weighted by Crippen LogP contribution is 2.15. The lowest BCUT2D eigenvalue weighted by Gasteiger charge is -1.96. The van der Waals surface area contributed by atoms with Gasteiger partial charge in [-0.15, -0.1) is 0 Å². The van der Waals surface area contributed by atoms with Gasteiger partial charge in [-0.2, -0.15) is 13.2 Å². The maximum Gasteiger partial charge on any atom is 0.409 e. The van der Waals surface area contributed by atoms with Gasteiger partial charge in [0.15, 0.2) is 0 Å². The van der Waals surface area contributed by atoms with Crippen LogP contribution >= 0.6 is 0 Å². The number of carboxylic acids is 1. The van der Waals surface area contributed by atoms with Crippen LogP contribution < -0.4 is 5.11 Å². The van der Waals surface area contributed by atoms with E-state index >= 15 is 0 Å². The Morgan fingerprint density at radius 1 is 1.44 bits per heavy atom. The zero-order valence-electron chi connectivity index (χ0n) is 4.11. The highest BCUT2D eigenvalue weighted by molar-refractivity contribution is 5.77. The smallest absolute Gasteiger partial charge is 0.409 e. The SMILES string of the molecule is O=C([O-])C=CC(F)(F)F. The molecule has 0 fully saturated rings. The average molecular weight is 139 g/mol. The van der Waals surface area contributed by atoms with E-state index in [2.05, 4.69) is 0 Å². The predicted molar refractivity (Wildman–Crippen MR) is 20.2 cm³/mol. The molecular weight excluding hydrogens is 137 g/mol. The summed E-state index contributed by atoms with van der Waals surface area (Å²) >= 11 is 0. The molecule has 0 saturated carbocycles. The number of carbonyl (C=O) groups is 1. The quantitative estimate of drug-likeness (QED) is 0.474. The summed E-state index contributed by atoms with van der Waals surface area (Å²) in [6.07, 6.45) is -5.04. The van der Waals surface area contributed by atoms with Crippen molar-refractivity contribution in [2.75, 3.05) is 0 Å². The largest absolute Gasteiger partial charge is 0.545 e. The third-order valence-corrected chi connectivity index (χ3v) is 0.408. The van der Waals surface area contributed by atoms with Crippen LogP contribution in [-0.4, -0.2) is 12.1 Å². The minimum atomic E-state index is -4.57. The van der Waals surface area contributed by atoms with E-state index in [-0.39, 0.29) is 6.08 Å². The molecule has 0 aliphatic heterocycles. The zero-order valence-corrected chi connectivity index (χ0v) is 4.11. The molecule has 0 radical (unpaired) electrons. The van der Waals surface area contributed by atoms with Crippen molar-refractivity contribution in [3.63, 3.8) is 0 Å². The second-order valence-electron chi connectivity index (χ2n) is 1.19. The monoisotopic (exact) mass is 139 g/mol. The van der Waals surface area contributed by atoms with Gasteiger partial charge in [-0.25, -0.2) is 0 Å². The van der Waals surface area contributed by atoms with Crippen LogP contribution in [-0.2, 0) is 4.79 Å². The standard InChI is InChI=1S/C4H3F3O2/c5-4(6,7)2-1-3(8)9/h1-2H,(H,8,9)/p-1. The molecule has 0 aromatic rings. The van der Waals surface area contributed by atoms with Crippen molar-refractivity contribution in [2.45, 2.75) is 6.18 Å². The van der Waals surface area contributed by atoms with E-state index < -0.39 is 18.2 Å². The van der Waals surface area contributed by atoms with Gasteiger partial charge in [-0.3, -0.25) is 0 Å². The van der Waals surface area contributed by atoms with Gasteiger partial charge in [0.05, 0.1) is 5.97 Å². The molecule has 0 aliphatic carbocycles. The van der Waals surface area contributed by atoms with Crippen LogP contribution in [0.4, 0.5) is 13.2 Å². The molecule has 0 bridgehead atoms. The fourth-order valence-electron chi connectivity index (χ4n) is 0.163. The van der Waals surface area contributed by atoms with E-state index in [4.69, 9.17) is 0 Å². The third-order valence-electron chi connectivity index (χ3n) is 0.408. The molecule has 5 heteroatoms. The summed E-state index contributed by atoms with van der Waals surface area (Å²) < 4.78 is 33.1. The Kier molecular flexibility index (Phi) is 2.24. The van der Waals surface area contributed by atoms with Gasteiger partial charge in [0.25, 0.3) is 0 Å². The molecular formula is C4H2F3O2-. The lowest BCUT2D eigenvalue weighted by molar-refractivity contribution is -0.297. The fourth-order valence-corrected chi connectivity index (χ4v) is 0.163. The molecule has 52 valence electrons. The highest BCUT2D eigenvalue weighted by atomic mass is 19.4. The number of rotatable bonds is 1. The highest BCUT2D eigenvalue weighted by Gasteiger charge is 2.21. The van der Waals surface area contributed by atoms with Crippen LogP contribution in [0.2, 0.25) is 0 Å². The predicted octanol–water partition coefficient (Wildman–Crippen LogP) is -0.145. The van der Waals surface area contributed by atoms with E-state index in [0.717, 1.165) is 0 Å². The summed E-state index contributed by atoms with van der Waals surface area (Å²) in [5.41, 5.74) is 0. The number of halogens is 3. The van der Waals surface area contributed by atoms with Gasteiger partial charge >= 0.3 is 6.18 Å². The maximum absolute atomic E-state index is 11.0. The molecule has 0 spiro atoms. The molecule has 0 atom stereocenters. The van der Waals surface area contributed by atoms with Crippen molar-refractivity contribution in [1.82, 2.24) is 0 Å². The Hall–Kier alpha value is -1.00. The molecule has 0 aromatic carbocycles. The molecule has 2 nitrogen and oxygen atoms in total. The summed E-state index contributed by atoms with van der Waals surface area (Å²) in [5.74, 6) is -1.85. The van der Waals surface area contributed by atoms with E-state index in [0.29, 0.717) is 0 Å². The van der Waals surface area contributed by atoms with E-state index in [1.54, 1.807) is 0 Å². The first-order valence-electron chi connectivity index (χ1n) is 1.89. The molecule has 0 aliphatic rings. The summed E-state index contributed by atoms with van der Waals surface area (Å²) in [5, 5.41) is 9.35. The van der Waals surface area contributed by atoms with E-state index in [9.17, 15) is 23.1 Å². The van der Waals surface area contributed by atoms with Crippen LogP contribution in [0.5, 0.6) is 0 Å². The van der Waals surface area contributed by atoms with Crippen LogP contribution in [0.15, 0.2) is 12.2 Å². The van der Waals surface area contributed by atoms with E-state index in [1.807, 2.05) is 0 Å². The lowest BCUT2D eigenvalue weighted by Crippen LogP contribution is -2.19. The van der Waals surface area contributed by atoms with Gasteiger partial charge < -0.3 is 9.90 Å². The second kappa shape index (κ2) is 2.52. The van der Waals surface area contributed by atoms with Crippen molar-refractivity contribution < 1.29 is 23.1 Å². The van der Waals surface area contributed by atoms with Gasteiger partial charge in [0, 0.05) is 6.08 Å². The van der Waals surface area contributed by atoms with Crippen LogP contribution in [0.3, 0.4) is 0 Å². The Morgan fingerprint density at radius 2 is 1.89 bits per heavy atom. The zero-order chi connectivity index (χ0) is 7.49. The maximum atomic E-state index is 11.0. The molecule has 9 heavy (non-hydrogen) atoms. The summed E-state index contributed by atoms with van der Waals surface area (Å²) in [7, 11) is 0. The lowest BCUT2D eigenvalue weighted by atomic mass is 10.5. The first kappa shape index (κ1) is 8.00. The minimum Gasteiger partial charge on any atom is -0.545 e. The summed E-state index contributed by atoms with van der Waals surface area (Å²) in [4.78, 5) is 9.35. The Morgan fingerprint density at radius 3 is 2.00 bits per heavy atom. The summed E-state index contributed by atoms with van der Waals surface area (Å²) in [6.45, 7) is 0. The van der Waals surface area contributed by atoms with Crippen molar-refractivity contribution >= 4 is 5.97 Å². The normalized spacial score (nSPS) is 12.3. The molecule has 0 amide bonds. The fraction of sp³-hybridized carbons (Fsp3) is 0.250. The third kappa shape index (κ3) is 7.00. The number of alkyl halides is 3. The van der Waals surface area contributed by atoms with Gasteiger partial charge in [-0.1, -0.05) is 0 Å². The van der Waals surface area contributed by atoms with Crippen molar-refractivity contribution in [3.8, 4) is 0 Å². The van der Waals surface area contributed by atoms with Crippen LogP contribution in [0, 0.1) is 0 Å². The van der Waals surface area contributed by atoms with E-state index in [1.165, 1.54) is 0 Å². The number of carbonyl (C=O) groups excluding carboxylic acids is 1. The molecule has 0 N–H and O–H groups in total. The van der Waals surface area contributed by atoms with Gasteiger partial charge in [0.2, 0.25) is 0 Å². The van der Waals surface area contributed by atoms with Crippen LogP contribution in [0.1, 0.15) is 0 Å². The number of hydrogen-bond donors (Lipinski definition) is 0. The first-order valence-corrected chi connectivity index (χ1v) is 1.89. The number of hydrogen-bond acceptors (Lipinski definition) is 2. The molecule has 0 rings (SSSR count). The second-order valence-corrected chi connectivity index (χ2v) is 1.19. The minimum absolute atomic E-state index is 0.0694. The van der Waals surface area contributed by atoms with Gasteiger partial charge in [0.1, 0.15) is 0 Å². The molecule has 0 aromatic heterocycles. The Balaban J connectivity index is 3.86. The Labute approximate surface area is 48.6 Å². The topological polar surface area (TPSA) is 40.1 Å². The van der Waals surface area contributed by atoms with Crippen molar-refractivity contribution in [3.05, 3.63) is 12.2 Å². The molecule has 0 heterocycles. The summed E-state index contributed by atoms with van der Waals surface area (Å²) in [6, 6.07) is 0. The Bertz CT molecular complexity index is 135. The van der Waals surface area contributed by atoms with Gasteiger partial charge in [-0.05, 0) is 6.08 Å². The van der Waals surface area contributed by atoms with Crippen molar-refractivity contribution in [1.29, 1.82) is 0 Å². The molecule has 0 saturated heterocycles. The number of aliphatic carboxylic acids is 1. The van der Waals surface area contributed by atoms with Crippen LogP contribution in [0.25, 0.3) is 0 Å². The average Bonchev–Trinajstić information content (AvgIpc) is 1.59. The first-order chi connectivity index (χ1) is 3.92. The number of carboxylic acid groups (broad SMARTS) is 1. The van der Waals surface area contributed by atoms with Crippen molar-refractivity contribution in [2.24, 2.45) is 0 Å². The molecule has 0 unspecified atom stereocenters. The number of allylic oxidation sites excluding steroid dienone is 1.